The van der Waals surface area contributed by atoms with Crippen LogP contribution in [0.3, 0.4) is 0 Å². The lowest BCUT2D eigenvalue weighted by atomic mass is 10.2. The lowest BCUT2D eigenvalue weighted by molar-refractivity contribution is -0.151. The van der Waals surface area contributed by atoms with Gasteiger partial charge in [0, 0.05) is 0 Å². The van der Waals surface area contributed by atoms with Crippen LogP contribution in [0, 0.1) is 0 Å². The number of amides is 1. The van der Waals surface area contributed by atoms with Gasteiger partial charge >= 0.3 is 11.9 Å². The summed E-state index contributed by atoms with van der Waals surface area (Å²) >= 11 is 1.07. The largest absolute Gasteiger partial charge is 0.481 e. The Morgan fingerprint density at radius 2 is 2.07 bits per heavy atom. The highest BCUT2D eigenvalue weighted by Crippen LogP contribution is 2.28. The average Bonchev–Trinajstić information content (AvgIpc) is 2.07. The molecule has 1 saturated heterocycles. The van der Waals surface area contributed by atoms with E-state index in [1.807, 2.05) is 0 Å². The summed E-state index contributed by atoms with van der Waals surface area (Å²) in [6.45, 7) is -0.351. The number of carbonyl (C=O) groups excluding carboxylic acids is 1. The van der Waals surface area contributed by atoms with Crippen molar-refractivity contribution >= 4 is 29.6 Å². The minimum Gasteiger partial charge on any atom is -0.481 e. The number of nitrogens with zero attached hydrogens (tertiary/aromatic N) is 1. The van der Waals surface area contributed by atoms with Gasteiger partial charge in [0.1, 0.15) is 6.54 Å². The van der Waals surface area contributed by atoms with Gasteiger partial charge in [0.25, 0.3) is 0 Å². The van der Waals surface area contributed by atoms with E-state index in [1.165, 1.54) is 0 Å². The molecule has 1 atom stereocenters. The Morgan fingerprint density at radius 3 is 2.50 bits per heavy atom. The van der Waals surface area contributed by atoms with E-state index in [2.05, 4.69) is 0 Å². The van der Waals surface area contributed by atoms with Crippen LogP contribution in [-0.4, -0.2) is 50.6 Å². The second-order valence-electron chi connectivity index (χ2n) is 2.78. The van der Waals surface area contributed by atoms with Gasteiger partial charge in [-0.05, 0) is 0 Å². The molecule has 1 aliphatic heterocycles. The first kappa shape index (κ1) is 10.8. The second-order valence-corrected chi connectivity index (χ2v) is 3.95. The van der Waals surface area contributed by atoms with Crippen molar-refractivity contribution in [2.45, 2.75) is 11.8 Å². The molecule has 0 aliphatic carbocycles. The highest BCUT2D eigenvalue weighted by atomic mass is 32.2. The third-order valence-corrected chi connectivity index (χ3v) is 2.94. The van der Waals surface area contributed by atoms with Crippen LogP contribution in [0.4, 0.5) is 0 Å². The van der Waals surface area contributed by atoms with E-state index < -0.39 is 11.9 Å². The van der Waals surface area contributed by atoms with Crippen molar-refractivity contribution in [3.8, 4) is 0 Å². The van der Waals surface area contributed by atoms with Crippen LogP contribution in [0.25, 0.3) is 0 Å². The zero-order chi connectivity index (χ0) is 10.7. The van der Waals surface area contributed by atoms with Gasteiger partial charge in [0.15, 0.2) is 0 Å². The highest BCUT2D eigenvalue weighted by molar-refractivity contribution is 8.00. The van der Waals surface area contributed by atoms with Crippen LogP contribution in [-0.2, 0) is 14.4 Å². The van der Waals surface area contributed by atoms with Gasteiger partial charge in [-0.1, -0.05) is 0 Å². The zero-order valence-electron chi connectivity index (χ0n) is 7.17. The Hall–Kier alpha value is -1.24. The van der Waals surface area contributed by atoms with E-state index in [0.717, 1.165) is 16.7 Å². The van der Waals surface area contributed by atoms with E-state index in [0.29, 0.717) is 0 Å². The van der Waals surface area contributed by atoms with Crippen LogP contribution in [0.1, 0.15) is 6.42 Å². The van der Waals surface area contributed by atoms with E-state index >= 15 is 0 Å². The molecule has 0 bridgehead atoms. The number of carboxylic acid groups (broad SMARTS) is 2. The number of carboxylic acids is 2. The lowest BCUT2D eigenvalue weighted by Crippen LogP contribution is -2.53. The molecule has 7 heteroatoms. The Bertz CT molecular complexity index is 279. The molecule has 1 rings (SSSR count). The fourth-order valence-electron chi connectivity index (χ4n) is 1.08. The monoisotopic (exact) mass is 219 g/mol. The molecule has 2 N–H and O–H groups in total. The van der Waals surface area contributed by atoms with Crippen LogP contribution in [0.15, 0.2) is 0 Å². The van der Waals surface area contributed by atoms with Crippen LogP contribution in [0.2, 0.25) is 0 Å². The highest BCUT2D eigenvalue weighted by Gasteiger charge is 2.37. The number of hydrogen-bond donors (Lipinski definition) is 2. The molecular formula is C7H9NO5S. The number of likely N-dealkylation sites (tertiary alicyclic amines) is 1. The van der Waals surface area contributed by atoms with Crippen LogP contribution in [0.5, 0.6) is 0 Å². The zero-order valence-corrected chi connectivity index (χ0v) is 7.99. The Balaban J connectivity index is 2.36. The minimum atomic E-state index is -1.08. The van der Waals surface area contributed by atoms with E-state index in [-0.39, 0.29) is 30.0 Å². The first-order chi connectivity index (χ1) is 6.50. The number of hydrogen-bond acceptors (Lipinski definition) is 4. The standard InChI is InChI=1S/C7H9NO5S/c9-4-1-5(14-3-7(12)13)8(4)2-6(10)11/h5H,1-3H2,(H,10,11)(H,12,13). The predicted octanol–water partition coefficient (Wildman–Crippen LogP) is -0.553. The summed E-state index contributed by atoms with van der Waals surface area (Å²) in [4.78, 5) is 32.6. The molecule has 0 aromatic heterocycles. The number of carbonyl (C=O) groups is 3. The van der Waals surface area contributed by atoms with Crippen molar-refractivity contribution in [1.29, 1.82) is 0 Å². The van der Waals surface area contributed by atoms with Crippen LogP contribution >= 0.6 is 11.8 Å². The van der Waals surface area contributed by atoms with E-state index in [9.17, 15) is 14.4 Å². The van der Waals surface area contributed by atoms with E-state index in [4.69, 9.17) is 10.2 Å². The minimum absolute atomic E-state index is 0.117. The Labute approximate surface area is 83.9 Å². The first-order valence-electron chi connectivity index (χ1n) is 3.85. The molecule has 1 fully saturated rings. The van der Waals surface area contributed by atoms with Crippen molar-refractivity contribution in [2.24, 2.45) is 0 Å². The second kappa shape index (κ2) is 4.32. The number of thioether (sulfide) groups is 1. The maximum atomic E-state index is 10.9. The van der Waals surface area contributed by atoms with Gasteiger partial charge in [-0.2, -0.15) is 0 Å². The summed E-state index contributed by atoms with van der Waals surface area (Å²) < 4.78 is 0. The van der Waals surface area contributed by atoms with Gasteiger partial charge in [0.2, 0.25) is 5.91 Å². The van der Waals surface area contributed by atoms with Crippen molar-refractivity contribution in [3.05, 3.63) is 0 Å². The molecular weight excluding hydrogens is 210 g/mol. The molecule has 78 valence electrons. The predicted molar refractivity (Wildman–Crippen MR) is 47.8 cm³/mol. The molecule has 0 aromatic carbocycles. The summed E-state index contributed by atoms with van der Waals surface area (Å²) in [6, 6.07) is 0. The van der Waals surface area contributed by atoms with Crippen molar-refractivity contribution in [2.75, 3.05) is 12.3 Å². The Kier molecular flexibility index (Phi) is 3.34. The number of rotatable bonds is 5. The molecule has 0 aromatic rings. The normalized spacial score (nSPS) is 20.4. The van der Waals surface area contributed by atoms with Crippen molar-refractivity contribution in [1.82, 2.24) is 4.90 Å². The lowest BCUT2D eigenvalue weighted by Gasteiger charge is -2.38. The first-order valence-corrected chi connectivity index (χ1v) is 4.90. The molecule has 0 saturated carbocycles. The summed E-state index contributed by atoms with van der Waals surface area (Å²) in [6.07, 6.45) is 0.227. The number of β-lactam (4-membered cyclic amide) rings is 1. The molecule has 1 unspecified atom stereocenters. The number of aliphatic carboxylic acids is 2. The smallest absolute Gasteiger partial charge is 0.323 e. The Morgan fingerprint density at radius 1 is 1.43 bits per heavy atom. The molecule has 1 heterocycles. The molecule has 0 radical (unpaired) electrons. The fraction of sp³-hybridized carbons (Fsp3) is 0.571. The summed E-state index contributed by atoms with van der Waals surface area (Å²) in [5, 5.41) is 16.5. The SMILES string of the molecule is O=C(O)CSC1CC(=O)N1CC(=O)O. The van der Waals surface area contributed by atoms with Crippen molar-refractivity contribution < 1.29 is 24.6 Å². The fourth-order valence-corrected chi connectivity index (χ4v) is 2.04. The molecule has 14 heavy (non-hydrogen) atoms. The third kappa shape index (κ3) is 2.63. The molecule has 0 spiro atoms. The quantitative estimate of drug-likeness (QED) is 0.602. The average molecular weight is 219 g/mol. The van der Waals surface area contributed by atoms with Gasteiger partial charge in [-0.15, -0.1) is 11.8 Å². The summed E-state index contributed by atoms with van der Waals surface area (Å²) in [5.41, 5.74) is 0. The van der Waals surface area contributed by atoms with Gasteiger partial charge in [-0.25, -0.2) is 0 Å². The maximum Gasteiger partial charge on any atom is 0.323 e. The van der Waals surface area contributed by atoms with Gasteiger partial charge < -0.3 is 15.1 Å². The topological polar surface area (TPSA) is 94.9 Å². The third-order valence-electron chi connectivity index (χ3n) is 1.72. The van der Waals surface area contributed by atoms with Gasteiger partial charge in [-0.3, -0.25) is 14.4 Å². The molecule has 1 amide bonds. The summed E-state index contributed by atoms with van der Waals surface area (Å²) in [5.74, 6) is -2.41. The van der Waals surface area contributed by atoms with Crippen molar-refractivity contribution in [3.63, 3.8) is 0 Å². The van der Waals surface area contributed by atoms with Gasteiger partial charge in [0.05, 0.1) is 17.5 Å². The summed E-state index contributed by atoms with van der Waals surface area (Å²) in [7, 11) is 0. The maximum absolute atomic E-state index is 10.9. The molecule has 1 aliphatic rings. The van der Waals surface area contributed by atoms with E-state index in [1.54, 1.807) is 0 Å². The van der Waals surface area contributed by atoms with Crippen LogP contribution < -0.4 is 0 Å². The molecule has 6 nitrogen and oxygen atoms in total.